The minimum absolute atomic E-state index is 0.00368. The van der Waals surface area contributed by atoms with Crippen LogP contribution >= 0.6 is 0 Å². The van der Waals surface area contributed by atoms with Crippen LogP contribution in [-0.2, 0) is 0 Å². The Hall–Kier alpha value is -2.88. The first-order valence-electron chi connectivity index (χ1n) is 6.77. The zero-order valence-corrected chi connectivity index (χ0v) is 11.5. The summed E-state index contributed by atoms with van der Waals surface area (Å²) in [5, 5.41) is 3.36. The first-order valence-corrected chi connectivity index (χ1v) is 6.77. The topological polar surface area (TPSA) is 63.8 Å². The van der Waals surface area contributed by atoms with Crippen LogP contribution in [0.1, 0.15) is 17.2 Å². The lowest BCUT2D eigenvalue weighted by Gasteiger charge is -2.19. The third-order valence-corrected chi connectivity index (χ3v) is 3.21. The Bertz CT molecular complexity index is 642. The lowest BCUT2D eigenvalue weighted by atomic mass is 9.99. The van der Waals surface area contributed by atoms with Gasteiger partial charge in [0.1, 0.15) is 0 Å². The summed E-state index contributed by atoms with van der Waals surface area (Å²) >= 11 is 0. The number of anilines is 2. The number of hydrogen-bond acceptors (Lipinski definition) is 4. The van der Waals surface area contributed by atoms with Crippen molar-refractivity contribution in [3.8, 4) is 0 Å². The number of rotatable bonds is 4. The Labute approximate surface area is 123 Å². The van der Waals surface area contributed by atoms with E-state index in [0.29, 0.717) is 11.6 Å². The van der Waals surface area contributed by atoms with Crippen molar-refractivity contribution < 1.29 is 0 Å². The lowest BCUT2D eigenvalue weighted by Crippen LogP contribution is -2.14. The predicted molar refractivity (Wildman–Crippen MR) is 84.8 cm³/mol. The zero-order valence-electron chi connectivity index (χ0n) is 11.5. The highest BCUT2D eigenvalue weighted by molar-refractivity contribution is 5.42. The summed E-state index contributed by atoms with van der Waals surface area (Å²) in [5.74, 6) is 0.557. The van der Waals surface area contributed by atoms with Crippen LogP contribution < -0.4 is 11.1 Å². The molecular formula is C17H16N4. The fraction of sp³-hybridized carbons (Fsp3) is 0.0588. The van der Waals surface area contributed by atoms with Crippen molar-refractivity contribution in [2.45, 2.75) is 6.04 Å². The van der Waals surface area contributed by atoms with Gasteiger partial charge in [-0.05, 0) is 11.1 Å². The molecule has 0 bridgehead atoms. The third-order valence-electron chi connectivity index (χ3n) is 3.21. The molecule has 0 saturated heterocycles. The SMILES string of the molecule is Nc1cnc(NC(c2ccccc2)c2ccccc2)nc1. The van der Waals surface area contributed by atoms with Crippen molar-refractivity contribution in [2.24, 2.45) is 0 Å². The third kappa shape index (κ3) is 3.17. The maximum atomic E-state index is 5.63. The molecule has 104 valence electrons. The summed E-state index contributed by atoms with van der Waals surface area (Å²) in [7, 11) is 0. The van der Waals surface area contributed by atoms with Gasteiger partial charge < -0.3 is 11.1 Å². The van der Waals surface area contributed by atoms with Crippen molar-refractivity contribution in [3.05, 3.63) is 84.2 Å². The number of nitrogens with zero attached hydrogens (tertiary/aromatic N) is 2. The van der Waals surface area contributed by atoms with E-state index in [-0.39, 0.29) is 6.04 Å². The Morgan fingerprint density at radius 2 is 1.24 bits per heavy atom. The summed E-state index contributed by atoms with van der Waals surface area (Å²) in [4.78, 5) is 8.44. The Balaban J connectivity index is 1.95. The molecule has 0 spiro atoms. The van der Waals surface area contributed by atoms with E-state index in [1.807, 2.05) is 36.4 Å². The molecular weight excluding hydrogens is 260 g/mol. The van der Waals surface area contributed by atoms with E-state index in [2.05, 4.69) is 39.6 Å². The van der Waals surface area contributed by atoms with Crippen LogP contribution in [0, 0.1) is 0 Å². The average Bonchev–Trinajstić information content (AvgIpc) is 2.56. The number of nitrogen functional groups attached to an aromatic ring is 1. The van der Waals surface area contributed by atoms with Crippen LogP contribution in [0.3, 0.4) is 0 Å². The molecule has 4 nitrogen and oxygen atoms in total. The van der Waals surface area contributed by atoms with Gasteiger partial charge in [0.2, 0.25) is 5.95 Å². The maximum Gasteiger partial charge on any atom is 0.223 e. The summed E-state index contributed by atoms with van der Waals surface area (Å²) in [6.45, 7) is 0. The molecule has 2 aromatic carbocycles. The fourth-order valence-corrected chi connectivity index (χ4v) is 2.19. The molecule has 0 saturated carbocycles. The molecule has 0 aliphatic carbocycles. The van der Waals surface area contributed by atoms with Crippen molar-refractivity contribution in [1.82, 2.24) is 9.97 Å². The first-order chi connectivity index (χ1) is 10.3. The van der Waals surface area contributed by atoms with Gasteiger partial charge in [-0.1, -0.05) is 60.7 Å². The highest BCUT2D eigenvalue weighted by Gasteiger charge is 2.14. The molecule has 21 heavy (non-hydrogen) atoms. The molecule has 0 amide bonds. The second kappa shape index (κ2) is 6.05. The number of nitrogens with two attached hydrogens (primary N) is 1. The van der Waals surface area contributed by atoms with E-state index < -0.39 is 0 Å². The Morgan fingerprint density at radius 1 is 0.762 bits per heavy atom. The summed E-state index contributed by atoms with van der Waals surface area (Å²) in [6, 6.07) is 20.4. The van der Waals surface area contributed by atoms with Gasteiger partial charge in [0.05, 0.1) is 24.1 Å². The van der Waals surface area contributed by atoms with E-state index in [1.54, 1.807) is 12.4 Å². The molecule has 0 aliphatic rings. The predicted octanol–water partition coefficient (Wildman–Crippen LogP) is 3.26. The monoisotopic (exact) mass is 276 g/mol. The van der Waals surface area contributed by atoms with Crippen LogP contribution in [0.2, 0.25) is 0 Å². The molecule has 4 heteroatoms. The van der Waals surface area contributed by atoms with Gasteiger partial charge in [-0.15, -0.1) is 0 Å². The normalized spacial score (nSPS) is 10.5. The second-order valence-electron chi connectivity index (χ2n) is 4.74. The zero-order chi connectivity index (χ0) is 14.5. The van der Waals surface area contributed by atoms with Gasteiger partial charge in [-0.25, -0.2) is 9.97 Å². The highest BCUT2D eigenvalue weighted by Crippen LogP contribution is 2.25. The van der Waals surface area contributed by atoms with Crippen LogP contribution in [0.25, 0.3) is 0 Å². The first kappa shape index (κ1) is 13.1. The minimum Gasteiger partial charge on any atom is -0.396 e. The van der Waals surface area contributed by atoms with Crippen LogP contribution in [0.4, 0.5) is 11.6 Å². The molecule has 1 heterocycles. The van der Waals surface area contributed by atoms with E-state index in [9.17, 15) is 0 Å². The van der Waals surface area contributed by atoms with Crippen molar-refractivity contribution in [1.29, 1.82) is 0 Å². The quantitative estimate of drug-likeness (QED) is 0.767. The smallest absolute Gasteiger partial charge is 0.223 e. The molecule has 3 aromatic rings. The Kier molecular flexibility index (Phi) is 3.78. The maximum absolute atomic E-state index is 5.63. The van der Waals surface area contributed by atoms with E-state index in [1.165, 1.54) is 0 Å². The van der Waals surface area contributed by atoms with Crippen molar-refractivity contribution >= 4 is 11.6 Å². The second-order valence-corrected chi connectivity index (χ2v) is 4.74. The molecule has 0 aliphatic heterocycles. The highest BCUT2D eigenvalue weighted by atomic mass is 15.1. The molecule has 0 atom stereocenters. The molecule has 0 fully saturated rings. The van der Waals surface area contributed by atoms with Gasteiger partial charge in [0, 0.05) is 0 Å². The Morgan fingerprint density at radius 3 is 1.71 bits per heavy atom. The standard InChI is InChI=1S/C17H16N4/c18-15-11-19-17(20-12-15)21-16(13-7-3-1-4-8-13)14-9-5-2-6-10-14/h1-12,16H,18H2,(H,19,20,21). The summed E-state index contributed by atoms with van der Waals surface area (Å²) in [6.07, 6.45) is 3.20. The lowest BCUT2D eigenvalue weighted by molar-refractivity contribution is 0.909. The van der Waals surface area contributed by atoms with Crippen LogP contribution in [0.15, 0.2) is 73.1 Å². The van der Waals surface area contributed by atoms with Gasteiger partial charge in [0.25, 0.3) is 0 Å². The van der Waals surface area contributed by atoms with Gasteiger partial charge in [-0.3, -0.25) is 0 Å². The largest absolute Gasteiger partial charge is 0.396 e. The molecule has 3 N–H and O–H groups in total. The summed E-state index contributed by atoms with van der Waals surface area (Å²) < 4.78 is 0. The molecule has 1 aromatic heterocycles. The fourth-order valence-electron chi connectivity index (χ4n) is 2.19. The van der Waals surface area contributed by atoms with E-state index in [4.69, 9.17) is 5.73 Å². The molecule has 0 radical (unpaired) electrons. The molecule has 0 unspecified atom stereocenters. The number of nitrogens with one attached hydrogen (secondary N) is 1. The number of hydrogen-bond donors (Lipinski definition) is 2. The van der Waals surface area contributed by atoms with Crippen molar-refractivity contribution in [2.75, 3.05) is 11.1 Å². The van der Waals surface area contributed by atoms with E-state index in [0.717, 1.165) is 11.1 Å². The van der Waals surface area contributed by atoms with Gasteiger partial charge >= 0.3 is 0 Å². The van der Waals surface area contributed by atoms with E-state index >= 15 is 0 Å². The minimum atomic E-state index is -0.00368. The van der Waals surface area contributed by atoms with Gasteiger partial charge in [0.15, 0.2) is 0 Å². The summed E-state index contributed by atoms with van der Waals surface area (Å²) in [5.41, 5.74) is 8.49. The molecule has 3 rings (SSSR count). The van der Waals surface area contributed by atoms with Gasteiger partial charge in [-0.2, -0.15) is 0 Å². The van der Waals surface area contributed by atoms with Crippen LogP contribution in [0.5, 0.6) is 0 Å². The number of benzene rings is 2. The number of aromatic nitrogens is 2. The van der Waals surface area contributed by atoms with Crippen molar-refractivity contribution in [3.63, 3.8) is 0 Å². The van der Waals surface area contributed by atoms with Crippen LogP contribution in [-0.4, -0.2) is 9.97 Å². The average molecular weight is 276 g/mol.